The summed E-state index contributed by atoms with van der Waals surface area (Å²) in [6.45, 7) is 4.05. The van der Waals surface area contributed by atoms with Gasteiger partial charge in [0, 0.05) is 11.3 Å². The molecule has 2 heterocycles. The average Bonchev–Trinajstić information content (AvgIpc) is 2.88. The standard InChI is InChI=1S/C15H14N4OS/c1-8-3-4-9(2)11(7-8)12-6-5-10(14(20)16-12)13-17-15(21)19-18-13/h3-7H,1-2H3,(H,16,20)(H2,17,18,19,21). The summed E-state index contributed by atoms with van der Waals surface area (Å²) in [5, 5.41) is 5.47. The number of nitrogens with one attached hydrogen (secondary N) is 3. The molecule has 3 N–H and O–H groups in total. The van der Waals surface area contributed by atoms with Gasteiger partial charge in [0.25, 0.3) is 5.56 Å². The van der Waals surface area contributed by atoms with Gasteiger partial charge in [-0.15, -0.1) is 0 Å². The van der Waals surface area contributed by atoms with Gasteiger partial charge in [-0.25, -0.2) is 0 Å². The third-order valence-corrected chi connectivity index (χ3v) is 3.54. The lowest BCUT2D eigenvalue weighted by Crippen LogP contribution is -2.10. The minimum atomic E-state index is -0.203. The van der Waals surface area contributed by atoms with Crippen LogP contribution < -0.4 is 5.56 Å². The Morgan fingerprint density at radius 2 is 1.86 bits per heavy atom. The first-order valence-electron chi connectivity index (χ1n) is 6.50. The maximum absolute atomic E-state index is 12.3. The fourth-order valence-electron chi connectivity index (χ4n) is 2.24. The monoisotopic (exact) mass is 298 g/mol. The molecule has 0 fully saturated rings. The molecule has 0 aliphatic carbocycles. The van der Waals surface area contributed by atoms with Gasteiger partial charge in [0.1, 0.15) is 0 Å². The van der Waals surface area contributed by atoms with Crippen LogP contribution in [0.25, 0.3) is 22.6 Å². The molecule has 6 heteroatoms. The molecule has 1 aromatic carbocycles. The molecule has 0 spiro atoms. The second kappa shape index (κ2) is 5.14. The van der Waals surface area contributed by atoms with Crippen LogP contribution in [0.4, 0.5) is 0 Å². The molecule has 3 rings (SSSR count). The van der Waals surface area contributed by atoms with Gasteiger partial charge >= 0.3 is 0 Å². The lowest BCUT2D eigenvalue weighted by atomic mass is 10.0. The van der Waals surface area contributed by atoms with Gasteiger partial charge in [0.05, 0.1) is 5.56 Å². The van der Waals surface area contributed by atoms with Crippen molar-refractivity contribution in [2.45, 2.75) is 13.8 Å². The number of rotatable bonds is 2. The Kier molecular flexibility index (Phi) is 3.31. The van der Waals surface area contributed by atoms with Gasteiger partial charge in [-0.2, -0.15) is 4.98 Å². The summed E-state index contributed by atoms with van der Waals surface area (Å²) >= 11 is 4.90. The number of benzene rings is 1. The molecule has 106 valence electrons. The molecule has 0 atom stereocenters. The van der Waals surface area contributed by atoms with E-state index >= 15 is 0 Å². The summed E-state index contributed by atoms with van der Waals surface area (Å²) < 4.78 is 0.322. The van der Waals surface area contributed by atoms with E-state index in [2.05, 4.69) is 32.3 Å². The Labute approximate surface area is 126 Å². The van der Waals surface area contributed by atoms with Crippen molar-refractivity contribution in [1.29, 1.82) is 0 Å². The molecule has 5 nitrogen and oxygen atoms in total. The van der Waals surface area contributed by atoms with Gasteiger partial charge in [-0.3, -0.25) is 15.0 Å². The lowest BCUT2D eigenvalue weighted by Gasteiger charge is -2.07. The highest BCUT2D eigenvalue weighted by Gasteiger charge is 2.09. The SMILES string of the molecule is Cc1ccc(C)c(-c2ccc(-c3nc(=S)[nH][nH]3)c(=O)[nH]2)c1. The van der Waals surface area contributed by atoms with E-state index in [1.807, 2.05) is 26.0 Å². The average molecular weight is 298 g/mol. The molecule has 0 unspecified atom stereocenters. The Morgan fingerprint density at radius 1 is 1.05 bits per heavy atom. The third-order valence-electron chi connectivity index (χ3n) is 3.35. The van der Waals surface area contributed by atoms with Crippen LogP contribution in [0.2, 0.25) is 0 Å². The van der Waals surface area contributed by atoms with Gasteiger partial charge in [0.15, 0.2) is 5.82 Å². The fourth-order valence-corrected chi connectivity index (χ4v) is 2.38. The molecule has 0 saturated heterocycles. The van der Waals surface area contributed by atoms with Crippen molar-refractivity contribution in [3.8, 4) is 22.6 Å². The van der Waals surface area contributed by atoms with Crippen molar-refractivity contribution >= 4 is 12.2 Å². The molecule has 0 amide bonds. The molecule has 21 heavy (non-hydrogen) atoms. The Hall–Kier alpha value is -2.47. The first-order chi connectivity index (χ1) is 10.0. The number of aryl methyl sites for hydroxylation is 2. The summed E-state index contributed by atoms with van der Waals surface area (Å²) in [5.41, 5.74) is 4.33. The van der Waals surface area contributed by atoms with Gasteiger partial charge < -0.3 is 4.98 Å². The number of nitrogens with zero attached hydrogens (tertiary/aromatic N) is 1. The fraction of sp³-hybridized carbons (Fsp3) is 0.133. The van der Waals surface area contributed by atoms with E-state index in [0.29, 0.717) is 16.2 Å². The van der Waals surface area contributed by atoms with E-state index in [9.17, 15) is 4.79 Å². The second-order valence-electron chi connectivity index (χ2n) is 4.95. The summed E-state index contributed by atoms with van der Waals surface area (Å²) in [7, 11) is 0. The van der Waals surface area contributed by atoms with Gasteiger partial charge in [0.2, 0.25) is 4.77 Å². The summed E-state index contributed by atoms with van der Waals surface area (Å²) in [6.07, 6.45) is 0. The number of pyridine rings is 1. The summed E-state index contributed by atoms with van der Waals surface area (Å²) in [5.74, 6) is 0.439. The van der Waals surface area contributed by atoms with Crippen LogP contribution in [0.15, 0.2) is 35.1 Å². The van der Waals surface area contributed by atoms with E-state index in [0.717, 1.165) is 22.4 Å². The van der Waals surface area contributed by atoms with Crippen LogP contribution in [-0.2, 0) is 0 Å². The van der Waals surface area contributed by atoms with E-state index < -0.39 is 0 Å². The number of hydrogen-bond acceptors (Lipinski definition) is 3. The molecule has 2 aromatic heterocycles. The predicted molar refractivity (Wildman–Crippen MR) is 84.7 cm³/mol. The van der Waals surface area contributed by atoms with Crippen LogP contribution in [0.3, 0.4) is 0 Å². The molecule has 3 aromatic rings. The highest BCUT2D eigenvalue weighted by Crippen LogP contribution is 2.22. The molecular formula is C15H14N4OS. The zero-order valence-corrected chi connectivity index (χ0v) is 12.5. The molecule has 0 aliphatic rings. The van der Waals surface area contributed by atoms with E-state index in [1.165, 1.54) is 0 Å². The Bertz CT molecular complexity index is 920. The topological polar surface area (TPSA) is 77.3 Å². The van der Waals surface area contributed by atoms with Crippen LogP contribution in [0.5, 0.6) is 0 Å². The molecule has 0 bridgehead atoms. The maximum Gasteiger partial charge on any atom is 0.259 e. The van der Waals surface area contributed by atoms with Crippen LogP contribution in [0, 0.1) is 18.6 Å². The summed E-state index contributed by atoms with van der Waals surface area (Å²) in [4.78, 5) is 19.2. The molecule has 0 radical (unpaired) electrons. The largest absolute Gasteiger partial charge is 0.321 e. The normalized spacial score (nSPS) is 10.8. The third kappa shape index (κ3) is 2.57. The van der Waals surface area contributed by atoms with E-state index in [-0.39, 0.29) is 5.56 Å². The van der Waals surface area contributed by atoms with Crippen LogP contribution >= 0.6 is 12.2 Å². The highest BCUT2D eigenvalue weighted by atomic mass is 32.1. The zero-order chi connectivity index (χ0) is 15.0. The van der Waals surface area contributed by atoms with Crippen molar-refractivity contribution in [3.05, 3.63) is 56.6 Å². The maximum atomic E-state index is 12.3. The first-order valence-corrected chi connectivity index (χ1v) is 6.91. The van der Waals surface area contributed by atoms with E-state index in [4.69, 9.17) is 12.2 Å². The zero-order valence-electron chi connectivity index (χ0n) is 11.7. The minimum Gasteiger partial charge on any atom is -0.321 e. The highest BCUT2D eigenvalue weighted by molar-refractivity contribution is 7.71. The van der Waals surface area contributed by atoms with Gasteiger partial charge in [-0.05, 0) is 49.8 Å². The van der Waals surface area contributed by atoms with Crippen LogP contribution in [-0.4, -0.2) is 20.2 Å². The predicted octanol–water partition coefficient (Wildman–Crippen LogP) is 3.11. The minimum absolute atomic E-state index is 0.203. The van der Waals surface area contributed by atoms with Crippen molar-refractivity contribution in [3.63, 3.8) is 0 Å². The Balaban J connectivity index is 2.12. The number of hydrogen-bond donors (Lipinski definition) is 3. The van der Waals surface area contributed by atoms with Crippen molar-refractivity contribution in [2.75, 3.05) is 0 Å². The number of aromatic nitrogens is 4. The molecular weight excluding hydrogens is 284 g/mol. The number of H-pyrrole nitrogens is 3. The quantitative estimate of drug-likeness (QED) is 0.636. The van der Waals surface area contributed by atoms with Crippen molar-refractivity contribution < 1.29 is 0 Å². The van der Waals surface area contributed by atoms with Crippen molar-refractivity contribution in [2.24, 2.45) is 0 Å². The lowest BCUT2D eigenvalue weighted by molar-refractivity contribution is 1.08. The van der Waals surface area contributed by atoms with E-state index in [1.54, 1.807) is 6.07 Å². The summed E-state index contributed by atoms with van der Waals surface area (Å²) in [6, 6.07) is 9.78. The Morgan fingerprint density at radius 3 is 2.52 bits per heavy atom. The number of aromatic amines is 3. The second-order valence-corrected chi connectivity index (χ2v) is 5.34. The van der Waals surface area contributed by atoms with Crippen molar-refractivity contribution in [1.82, 2.24) is 20.2 Å². The van der Waals surface area contributed by atoms with Crippen LogP contribution in [0.1, 0.15) is 11.1 Å². The van der Waals surface area contributed by atoms with Gasteiger partial charge in [-0.1, -0.05) is 17.7 Å². The molecule has 0 aliphatic heterocycles. The molecule has 0 saturated carbocycles. The smallest absolute Gasteiger partial charge is 0.259 e. The first kappa shape index (κ1) is 13.5.